The third-order valence-electron chi connectivity index (χ3n) is 3.80. The largest absolute Gasteiger partial charge is 0.360 e. The van der Waals surface area contributed by atoms with E-state index in [1.807, 2.05) is 0 Å². The Kier molecular flexibility index (Phi) is 9.12. The van der Waals surface area contributed by atoms with Crippen LogP contribution in [0, 0.1) is 12.8 Å². The van der Waals surface area contributed by atoms with Crippen LogP contribution in [0.5, 0.6) is 0 Å². The molecule has 0 fully saturated rings. The summed E-state index contributed by atoms with van der Waals surface area (Å²) in [6.07, 6.45) is 5.63. The minimum absolute atomic E-state index is 0.0539. The maximum atomic E-state index is 12.4. The summed E-state index contributed by atoms with van der Waals surface area (Å²) in [4.78, 5) is 26.3. The molecule has 0 radical (unpaired) electrons. The van der Waals surface area contributed by atoms with Crippen molar-refractivity contribution >= 4 is 17.6 Å². The molecule has 1 N–H and O–H groups in total. The lowest BCUT2D eigenvalue weighted by atomic mass is 10.1. The van der Waals surface area contributed by atoms with Crippen molar-refractivity contribution in [1.82, 2.24) is 10.1 Å². The van der Waals surface area contributed by atoms with Crippen molar-refractivity contribution in [3.05, 3.63) is 11.8 Å². The zero-order valence-electron chi connectivity index (χ0n) is 15.4. The summed E-state index contributed by atoms with van der Waals surface area (Å²) in [5.74, 6) is 1.32. The number of nitrogens with zero attached hydrogens (tertiary/aromatic N) is 2. The molecule has 24 heavy (non-hydrogen) atoms. The molecular formula is C18H31N3O3. The van der Waals surface area contributed by atoms with Gasteiger partial charge >= 0.3 is 0 Å². The average molecular weight is 337 g/mol. The Morgan fingerprint density at radius 1 is 1.29 bits per heavy atom. The van der Waals surface area contributed by atoms with Gasteiger partial charge in [-0.1, -0.05) is 45.2 Å². The molecule has 1 rings (SSSR count). The minimum Gasteiger partial charge on any atom is -0.360 e. The van der Waals surface area contributed by atoms with Gasteiger partial charge in [0.15, 0.2) is 5.82 Å². The van der Waals surface area contributed by atoms with Crippen molar-refractivity contribution in [2.24, 2.45) is 5.92 Å². The molecule has 1 heterocycles. The Labute approximate surface area is 145 Å². The van der Waals surface area contributed by atoms with Crippen LogP contribution in [0.15, 0.2) is 10.6 Å². The Morgan fingerprint density at radius 3 is 2.62 bits per heavy atom. The summed E-state index contributed by atoms with van der Waals surface area (Å²) in [6.45, 7) is 8.80. The number of unbranched alkanes of at least 4 members (excludes halogenated alkanes) is 3. The topological polar surface area (TPSA) is 75.4 Å². The average Bonchev–Trinajstić information content (AvgIpc) is 2.92. The van der Waals surface area contributed by atoms with Gasteiger partial charge in [-0.15, -0.1) is 0 Å². The van der Waals surface area contributed by atoms with E-state index in [2.05, 4.69) is 31.2 Å². The molecule has 6 heteroatoms. The van der Waals surface area contributed by atoms with Crippen LogP contribution in [0.4, 0.5) is 5.82 Å². The highest BCUT2D eigenvalue weighted by molar-refractivity contribution is 5.93. The number of carbonyl (C=O) groups excluding carboxylic acids is 2. The number of carbonyl (C=O) groups is 2. The summed E-state index contributed by atoms with van der Waals surface area (Å²) < 4.78 is 4.93. The zero-order valence-corrected chi connectivity index (χ0v) is 15.4. The van der Waals surface area contributed by atoms with Gasteiger partial charge in [0.05, 0.1) is 6.54 Å². The standard InChI is InChI=1S/C18H31N3O3/c1-5-6-7-8-9-18(23)21(11-10-14(2)3)13-17(22)19-16-12-15(4)24-20-16/h12,14H,5-11,13H2,1-4H3,(H,19,20,22). The normalized spacial score (nSPS) is 10.9. The first-order chi connectivity index (χ1) is 11.4. The maximum Gasteiger partial charge on any atom is 0.245 e. The van der Waals surface area contributed by atoms with Gasteiger partial charge in [-0.3, -0.25) is 9.59 Å². The molecule has 0 saturated carbocycles. The first-order valence-corrected chi connectivity index (χ1v) is 8.93. The van der Waals surface area contributed by atoms with Crippen molar-refractivity contribution in [1.29, 1.82) is 0 Å². The van der Waals surface area contributed by atoms with Crippen LogP contribution < -0.4 is 5.32 Å². The van der Waals surface area contributed by atoms with Crippen molar-refractivity contribution < 1.29 is 14.1 Å². The highest BCUT2D eigenvalue weighted by Crippen LogP contribution is 2.10. The molecule has 0 bridgehead atoms. The highest BCUT2D eigenvalue weighted by atomic mass is 16.5. The fraction of sp³-hybridized carbons (Fsp3) is 0.722. The van der Waals surface area contributed by atoms with Crippen LogP contribution in [-0.2, 0) is 9.59 Å². The van der Waals surface area contributed by atoms with Gasteiger partial charge < -0.3 is 14.7 Å². The van der Waals surface area contributed by atoms with E-state index in [1.165, 1.54) is 0 Å². The van der Waals surface area contributed by atoms with Gasteiger partial charge in [0.2, 0.25) is 11.8 Å². The third-order valence-corrected chi connectivity index (χ3v) is 3.80. The van der Waals surface area contributed by atoms with Crippen LogP contribution in [-0.4, -0.2) is 35.0 Å². The third kappa shape index (κ3) is 8.13. The molecule has 1 aromatic heterocycles. The highest BCUT2D eigenvalue weighted by Gasteiger charge is 2.18. The van der Waals surface area contributed by atoms with E-state index >= 15 is 0 Å². The molecule has 0 atom stereocenters. The van der Waals surface area contributed by atoms with E-state index in [4.69, 9.17) is 4.52 Å². The SMILES string of the molecule is CCCCCCC(=O)N(CCC(C)C)CC(=O)Nc1cc(C)on1. The molecule has 0 spiro atoms. The number of rotatable bonds is 11. The van der Waals surface area contributed by atoms with Crippen molar-refractivity contribution in [3.8, 4) is 0 Å². The molecule has 0 saturated heterocycles. The number of hydrogen-bond donors (Lipinski definition) is 1. The van der Waals surface area contributed by atoms with Gasteiger partial charge in [0.1, 0.15) is 5.76 Å². The Morgan fingerprint density at radius 2 is 2.04 bits per heavy atom. The van der Waals surface area contributed by atoms with Gasteiger partial charge in [-0.25, -0.2) is 0 Å². The second-order valence-corrected chi connectivity index (χ2v) is 6.68. The van der Waals surface area contributed by atoms with Crippen molar-refractivity contribution in [2.75, 3.05) is 18.4 Å². The van der Waals surface area contributed by atoms with Gasteiger partial charge in [-0.2, -0.15) is 0 Å². The lowest BCUT2D eigenvalue weighted by molar-refractivity contribution is -0.135. The van der Waals surface area contributed by atoms with E-state index in [0.29, 0.717) is 30.5 Å². The Bertz CT molecular complexity index is 511. The molecule has 0 aliphatic rings. The van der Waals surface area contributed by atoms with Gasteiger partial charge in [0, 0.05) is 19.0 Å². The number of aryl methyl sites for hydroxylation is 1. The van der Waals surface area contributed by atoms with Crippen molar-refractivity contribution in [3.63, 3.8) is 0 Å². The molecular weight excluding hydrogens is 306 g/mol. The summed E-state index contributed by atoms with van der Waals surface area (Å²) in [5.41, 5.74) is 0. The van der Waals surface area contributed by atoms with Crippen LogP contribution >= 0.6 is 0 Å². The maximum absolute atomic E-state index is 12.4. The van der Waals surface area contributed by atoms with Crippen LogP contribution in [0.3, 0.4) is 0 Å². The molecule has 0 aliphatic heterocycles. The summed E-state index contributed by atoms with van der Waals surface area (Å²) >= 11 is 0. The second kappa shape index (κ2) is 10.8. The van der Waals surface area contributed by atoms with E-state index in [0.717, 1.165) is 32.1 Å². The molecule has 0 unspecified atom stereocenters. The van der Waals surface area contributed by atoms with Crippen LogP contribution in [0.2, 0.25) is 0 Å². The molecule has 136 valence electrons. The van der Waals surface area contributed by atoms with E-state index < -0.39 is 0 Å². The van der Waals surface area contributed by atoms with E-state index in [9.17, 15) is 9.59 Å². The molecule has 1 aromatic rings. The lowest BCUT2D eigenvalue weighted by Crippen LogP contribution is -2.39. The first-order valence-electron chi connectivity index (χ1n) is 8.93. The summed E-state index contributed by atoms with van der Waals surface area (Å²) in [7, 11) is 0. The second-order valence-electron chi connectivity index (χ2n) is 6.68. The van der Waals surface area contributed by atoms with Gasteiger partial charge in [-0.05, 0) is 25.7 Å². The summed E-state index contributed by atoms with van der Waals surface area (Å²) in [5, 5.41) is 6.42. The number of anilines is 1. The number of aromatic nitrogens is 1. The Hall–Kier alpha value is -1.85. The first kappa shape index (κ1) is 20.2. The predicted octanol–water partition coefficient (Wildman–Crippen LogP) is 3.77. The van der Waals surface area contributed by atoms with E-state index in [-0.39, 0.29) is 18.4 Å². The lowest BCUT2D eigenvalue weighted by Gasteiger charge is -2.23. The fourth-order valence-electron chi connectivity index (χ4n) is 2.35. The minimum atomic E-state index is -0.242. The number of nitrogens with one attached hydrogen (secondary N) is 1. The molecule has 2 amide bonds. The summed E-state index contributed by atoms with van der Waals surface area (Å²) in [6, 6.07) is 1.66. The molecule has 0 aliphatic carbocycles. The fourth-order valence-corrected chi connectivity index (χ4v) is 2.35. The van der Waals surface area contributed by atoms with Gasteiger partial charge in [0.25, 0.3) is 0 Å². The quantitative estimate of drug-likeness (QED) is 0.624. The molecule has 0 aromatic carbocycles. The van der Waals surface area contributed by atoms with Crippen LogP contribution in [0.25, 0.3) is 0 Å². The van der Waals surface area contributed by atoms with E-state index in [1.54, 1.807) is 17.9 Å². The molecule has 6 nitrogen and oxygen atoms in total. The predicted molar refractivity (Wildman–Crippen MR) is 94.7 cm³/mol. The number of hydrogen-bond acceptors (Lipinski definition) is 4. The zero-order chi connectivity index (χ0) is 17.9. The number of amides is 2. The smallest absolute Gasteiger partial charge is 0.245 e. The van der Waals surface area contributed by atoms with Crippen molar-refractivity contribution in [2.45, 2.75) is 66.2 Å². The Balaban J connectivity index is 2.53. The monoisotopic (exact) mass is 337 g/mol. The van der Waals surface area contributed by atoms with Crippen LogP contribution in [0.1, 0.15) is 65.1 Å².